The fourth-order valence-electron chi connectivity index (χ4n) is 3.16. The molecule has 2 heterocycles. The quantitative estimate of drug-likeness (QED) is 0.157. The maximum Gasteiger partial charge on any atom is 0.270 e. The van der Waals surface area contributed by atoms with E-state index < -0.39 is 4.92 Å². The number of aromatic nitrogens is 1. The van der Waals surface area contributed by atoms with Gasteiger partial charge in [-0.1, -0.05) is 24.0 Å². The average Bonchev–Trinajstić information content (AvgIpc) is 3.11. The molecule has 34 heavy (non-hydrogen) atoms. The smallest absolute Gasteiger partial charge is 0.270 e. The number of rotatable bonds is 7. The molecular weight excluding hydrogens is 542 g/mol. The van der Waals surface area contributed by atoms with Crippen molar-refractivity contribution in [1.29, 1.82) is 0 Å². The summed E-state index contributed by atoms with van der Waals surface area (Å²) in [5, 5.41) is 10.9. The summed E-state index contributed by atoms with van der Waals surface area (Å²) in [4.78, 5) is 29.2. The van der Waals surface area contributed by atoms with Crippen molar-refractivity contribution in [3.63, 3.8) is 0 Å². The first-order chi connectivity index (χ1) is 16.4. The zero-order valence-electron chi connectivity index (χ0n) is 17.6. The summed E-state index contributed by atoms with van der Waals surface area (Å²) in [6.45, 7) is 0.338. The zero-order valence-corrected chi connectivity index (χ0v) is 20.9. The minimum atomic E-state index is -0.496. The third-order valence-electron chi connectivity index (χ3n) is 4.79. The van der Waals surface area contributed by atoms with Crippen LogP contribution in [0.15, 0.2) is 70.3 Å². The molecule has 1 aliphatic heterocycles. The molecule has 1 fully saturated rings. The summed E-state index contributed by atoms with van der Waals surface area (Å²) < 4.78 is 12.5. The standard InChI is InChI=1S/C23H16BrN3O5S2/c1-31-19-11-15(10-18(24)21(19)32-13-14-6-8-25-9-7-14)12-20-22(28)26(23(33)34-20)16-2-4-17(5-3-16)27(29)30/h2-12H,13H2,1H3/b20-12+. The third-order valence-corrected chi connectivity index (χ3v) is 6.69. The van der Waals surface area contributed by atoms with Gasteiger partial charge in [-0.25, -0.2) is 0 Å². The van der Waals surface area contributed by atoms with Crippen molar-refractivity contribution in [3.8, 4) is 11.5 Å². The molecule has 0 atom stereocenters. The van der Waals surface area contributed by atoms with E-state index in [9.17, 15) is 14.9 Å². The van der Waals surface area contributed by atoms with Gasteiger partial charge in [0.15, 0.2) is 15.8 Å². The minimum absolute atomic E-state index is 0.0621. The van der Waals surface area contributed by atoms with E-state index >= 15 is 0 Å². The number of non-ortho nitro benzene ring substituents is 1. The molecule has 2 aromatic carbocycles. The molecule has 0 bridgehead atoms. The summed E-state index contributed by atoms with van der Waals surface area (Å²) in [6.07, 6.45) is 5.10. The fraction of sp³-hybridized carbons (Fsp3) is 0.0870. The number of nitro groups is 1. The SMILES string of the molecule is COc1cc(/C=C2/SC(=S)N(c3ccc([N+](=O)[O-])cc3)C2=O)cc(Br)c1OCc1ccncc1. The number of methoxy groups -OCH3 is 1. The number of nitro benzene ring substituents is 1. The maximum atomic E-state index is 13.0. The fourth-order valence-corrected chi connectivity index (χ4v) is 5.04. The lowest BCUT2D eigenvalue weighted by Gasteiger charge is -2.14. The Hall–Kier alpha value is -3.28. The molecule has 0 N–H and O–H groups in total. The van der Waals surface area contributed by atoms with Gasteiger partial charge < -0.3 is 9.47 Å². The number of nitrogens with zero attached hydrogens (tertiary/aromatic N) is 3. The van der Waals surface area contributed by atoms with Gasteiger partial charge in [-0.05, 0) is 69.5 Å². The maximum absolute atomic E-state index is 13.0. The van der Waals surface area contributed by atoms with Gasteiger partial charge in [0.25, 0.3) is 11.6 Å². The van der Waals surface area contributed by atoms with Gasteiger partial charge >= 0.3 is 0 Å². The molecule has 3 aromatic rings. The number of halogens is 1. The van der Waals surface area contributed by atoms with Crippen LogP contribution in [0.3, 0.4) is 0 Å². The minimum Gasteiger partial charge on any atom is -0.493 e. The predicted octanol–water partition coefficient (Wildman–Crippen LogP) is 5.75. The molecule has 0 unspecified atom stereocenters. The molecule has 1 aromatic heterocycles. The van der Waals surface area contributed by atoms with E-state index in [0.717, 1.165) is 17.3 Å². The highest BCUT2D eigenvalue weighted by atomic mass is 79.9. The van der Waals surface area contributed by atoms with E-state index in [1.54, 1.807) is 31.6 Å². The number of carbonyl (C=O) groups excluding carboxylic acids is 1. The van der Waals surface area contributed by atoms with Crippen LogP contribution in [0.1, 0.15) is 11.1 Å². The Morgan fingerprint density at radius 2 is 1.91 bits per heavy atom. The predicted molar refractivity (Wildman–Crippen MR) is 138 cm³/mol. The summed E-state index contributed by atoms with van der Waals surface area (Å²) in [5.41, 5.74) is 2.08. The first kappa shape index (κ1) is 23.9. The monoisotopic (exact) mass is 557 g/mol. The second kappa shape index (κ2) is 10.3. The van der Waals surface area contributed by atoms with E-state index in [2.05, 4.69) is 20.9 Å². The number of hydrogen-bond acceptors (Lipinski definition) is 8. The highest BCUT2D eigenvalue weighted by molar-refractivity contribution is 9.10. The molecule has 1 saturated heterocycles. The van der Waals surface area contributed by atoms with Crippen molar-refractivity contribution < 1.29 is 19.2 Å². The number of amides is 1. The van der Waals surface area contributed by atoms with Gasteiger partial charge in [0.2, 0.25) is 0 Å². The summed E-state index contributed by atoms with van der Waals surface area (Å²) in [6, 6.07) is 13.0. The second-order valence-corrected chi connectivity index (χ2v) is 9.50. The number of hydrogen-bond donors (Lipinski definition) is 0. The van der Waals surface area contributed by atoms with Crippen LogP contribution in [-0.2, 0) is 11.4 Å². The Kier molecular flexibility index (Phi) is 7.25. The largest absolute Gasteiger partial charge is 0.493 e. The first-order valence-electron chi connectivity index (χ1n) is 9.79. The molecule has 0 spiro atoms. The van der Waals surface area contributed by atoms with E-state index in [1.165, 1.54) is 29.2 Å². The summed E-state index contributed by atoms with van der Waals surface area (Å²) >= 11 is 10.1. The van der Waals surface area contributed by atoms with Gasteiger partial charge in [-0.3, -0.25) is 24.8 Å². The molecule has 172 valence electrons. The number of thioether (sulfide) groups is 1. The van der Waals surface area contributed by atoms with Gasteiger partial charge in [0.05, 0.1) is 27.1 Å². The highest BCUT2D eigenvalue weighted by Gasteiger charge is 2.33. The van der Waals surface area contributed by atoms with E-state index in [4.69, 9.17) is 21.7 Å². The van der Waals surface area contributed by atoms with Crippen LogP contribution in [-0.4, -0.2) is 27.2 Å². The second-order valence-electron chi connectivity index (χ2n) is 6.97. The van der Waals surface area contributed by atoms with Crippen LogP contribution in [0.5, 0.6) is 11.5 Å². The van der Waals surface area contributed by atoms with Gasteiger partial charge in [0.1, 0.15) is 6.61 Å². The van der Waals surface area contributed by atoms with Crippen molar-refractivity contribution in [1.82, 2.24) is 4.98 Å². The highest BCUT2D eigenvalue weighted by Crippen LogP contribution is 2.40. The lowest BCUT2D eigenvalue weighted by Crippen LogP contribution is -2.27. The normalized spacial score (nSPS) is 14.5. The molecule has 0 radical (unpaired) electrons. The van der Waals surface area contributed by atoms with Gasteiger partial charge in [0, 0.05) is 24.5 Å². The van der Waals surface area contributed by atoms with Crippen molar-refractivity contribution in [2.75, 3.05) is 12.0 Å². The summed E-state index contributed by atoms with van der Waals surface area (Å²) in [7, 11) is 1.54. The Labute approximate surface area is 212 Å². The Morgan fingerprint density at radius 1 is 1.21 bits per heavy atom. The van der Waals surface area contributed by atoms with Crippen LogP contribution in [0, 0.1) is 10.1 Å². The Balaban J connectivity index is 1.57. The molecule has 0 aliphatic carbocycles. The number of carbonyl (C=O) groups is 1. The topological polar surface area (TPSA) is 94.8 Å². The molecule has 4 rings (SSSR count). The first-order valence-corrected chi connectivity index (χ1v) is 11.8. The van der Waals surface area contributed by atoms with Crippen LogP contribution in [0.4, 0.5) is 11.4 Å². The van der Waals surface area contributed by atoms with E-state index in [1.807, 2.05) is 18.2 Å². The van der Waals surface area contributed by atoms with Crippen molar-refractivity contribution in [2.45, 2.75) is 6.61 Å². The number of anilines is 1. The Bertz CT molecular complexity index is 1300. The Morgan fingerprint density at radius 3 is 2.56 bits per heavy atom. The molecule has 11 heteroatoms. The molecule has 1 aliphatic rings. The number of benzene rings is 2. The van der Waals surface area contributed by atoms with Crippen LogP contribution < -0.4 is 14.4 Å². The zero-order chi connectivity index (χ0) is 24.2. The van der Waals surface area contributed by atoms with Gasteiger partial charge in [-0.15, -0.1) is 0 Å². The molecule has 0 saturated carbocycles. The van der Waals surface area contributed by atoms with Crippen molar-refractivity contribution in [2.24, 2.45) is 0 Å². The third kappa shape index (κ3) is 5.11. The molecular formula is C23H16BrN3O5S2. The summed E-state index contributed by atoms with van der Waals surface area (Å²) in [5.74, 6) is 0.729. The number of ether oxygens (including phenoxy) is 2. The van der Waals surface area contributed by atoms with E-state index in [-0.39, 0.29) is 11.6 Å². The van der Waals surface area contributed by atoms with Gasteiger partial charge in [-0.2, -0.15) is 0 Å². The lowest BCUT2D eigenvalue weighted by atomic mass is 10.1. The van der Waals surface area contributed by atoms with Crippen molar-refractivity contribution >= 4 is 67.6 Å². The lowest BCUT2D eigenvalue weighted by molar-refractivity contribution is -0.384. The number of pyridine rings is 1. The van der Waals surface area contributed by atoms with Crippen LogP contribution in [0.25, 0.3) is 6.08 Å². The van der Waals surface area contributed by atoms with E-state index in [0.29, 0.717) is 43.1 Å². The average molecular weight is 558 g/mol. The molecule has 8 nitrogen and oxygen atoms in total. The van der Waals surface area contributed by atoms with Crippen LogP contribution >= 0.6 is 39.9 Å². The number of thiocarbonyl (C=S) groups is 1. The molecule has 1 amide bonds. The van der Waals surface area contributed by atoms with Crippen molar-refractivity contribution in [3.05, 3.63) is 91.5 Å². The van der Waals surface area contributed by atoms with Crippen LogP contribution in [0.2, 0.25) is 0 Å².